The highest BCUT2D eigenvalue weighted by Gasteiger charge is 2.20. The average Bonchev–Trinajstić information content (AvgIpc) is 2.81. The number of aromatic nitrogens is 2. The molecule has 3 nitrogen and oxygen atoms in total. The van der Waals surface area contributed by atoms with Gasteiger partial charge in [-0.3, -0.25) is 0 Å². The van der Waals surface area contributed by atoms with Gasteiger partial charge >= 0.3 is 0 Å². The third-order valence-electron chi connectivity index (χ3n) is 2.37. The molecule has 1 aliphatic carbocycles. The normalized spacial score (nSPS) is 15.6. The summed E-state index contributed by atoms with van der Waals surface area (Å²) >= 11 is 6.83. The lowest BCUT2D eigenvalue weighted by Gasteiger charge is -1.95. The monoisotopic (exact) mass is 315 g/mol. The van der Waals surface area contributed by atoms with Crippen LogP contribution in [0.3, 0.4) is 0 Å². The van der Waals surface area contributed by atoms with Gasteiger partial charge in [0.15, 0.2) is 5.01 Å². The van der Waals surface area contributed by atoms with Crippen LogP contribution in [-0.2, 0) is 6.54 Å². The fourth-order valence-electron chi connectivity index (χ4n) is 1.37. The number of rotatable bonds is 4. The Hall–Kier alpha value is -0.300. The fraction of sp³-hybridized carbons (Fsp3) is 0.400. The molecule has 0 bridgehead atoms. The Morgan fingerprint density at radius 3 is 2.88 bits per heavy atom. The minimum Gasteiger partial charge on any atom is -0.308 e. The largest absolute Gasteiger partial charge is 0.308 e. The molecule has 0 saturated heterocycles. The highest BCUT2D eigenvalue weighted by molar-refractivity contribution is 9.11. The molecular weight excluding hydrogens is 306 g/mol. The van der Waals surface area contributed by atoms with Gasteiger partial charge in [0.2, 0.25) is 0 Å². The fourth-order valence-corrected chi connectivity index (χ4v) is 3.60. The van der Waals surface area contributed by atoms with E-state index < -0.39 is 0 Å². The van der Waals surface area contributed by atoms with Gasteiger partial charge in [-0.2, -0.15) is 0 Å². The van der Waals surface area contributed by atoms with Crippen LogP contribution in [-0.4, -0.2) is 16.2 Å². The predicted octanol–water partition coefficient (Wildman–Crippen LogP) is 3.28. The summed E-state index contributed by atoms with van der Waals surface area (Å²) in [6.07, 6.45) is 2.62. The second-order valence-corrected chi connectivity index (χ2v) is 7.28. The summed E-state index contributed by atoms with van der Waals surface area (Å²) in [6.45, 7) is 0.856. The van der Waals surface area contributed by atoms with Gasteiger partial charge in [-0.25, -0.2) is 0 Å². The molecule has 0 spiro atoms. The lowest BCUT2D eigenvalue weighted by molar-refractivity contribution is 0.679. The second-order valence-electron chi connectivity index (χ2n) is 3.76. The quantitative estimate of drug-likeness (QED) is 0.941. The Morgan fingerprint density at radius 1 is 1.31 bits per heavy atom. The van der Waals surface area contributed by atoms with Crippen molar-refractivity contribution in [1.29, 1.82) is 0 Å². The third-order valence-corrected chi connectivity index (χ3v) is 5.09. The van der Waals surface area contributed by atoms with E-state index in [1.165, 1.54) is 17.7 Å². The first-order chi connectivity index (χ1) is 7.81. The maximum atomic E-state index is 4.22. The van der Waals surface area contributed by atoms with E-state index in [9.17, 15) is 0 Å². The third kappa shape index (κ3) is 2.51. The molecule has 0 radical (unpaired) electrons. The summed E-state index contributed by atoms with van der Waals surface area (Å²) < 4.78 is 1.13. The number of hydrogen-bond acceptors (Lipinski definition) is 5. The van der Waals surface area contributed by atoms with E-state index in [0.717, 1.165) is 26.4 Å². The first-order valence-electron chi connectivity index (χ1n) is 5.13. The Kier molecular flexibility index (Phi) is 3.06. The van der Waals surface area contributed by atoms with Gasteiger partial charge in [-0.15, -0.1) is 21.5 Å². The van der Waals surface area contributed by atoms with Crippen molar-refractivity contribution < 1.29 is 0 Å². The maximum absolute atomic E-state index is 4.22. The highest BCUT2D eigenvalue weighted by Crippen LogP contribution is 2.33. The van der Waals surface area contributed by atoms with Crippen LogP contribution in [0.25, 0.3) is 9.88 Å². The Labute approximate surface area is 110 Å². The van der Waals surface area contributed by atoms with E-state index in [-0.39, 0.29) is 0 Å². The van der Waals surface area contributed by atoms with E-state index in [2.05, 4.69) is 37.5 Å². The van der Waals surface area contributed by atoms with E-state index in [0.29, 0.717) is 0 Å². The van der Waals surface area contributed by atoms with Gasteiger partial charge in [-0.1, -0.05) is 11.3 Å². The molecule has 16 heavy (non-hydrogen) atoms. The summed E-state index contributed by atoms with van der Waals surface area (Å²) in [6, 6.07) is 4.85. The van der Waals surface area contributed by atoms with Crippen molar-refractivity contribution in [2.75, 3.05) is 0 Å². The smallest absolute Gasteiger partial charge is 0.157 e. The molecule has 1 N–H and O–H groups in total. The molecule has 1 fully saturated rings. The van der Waals surface area contributed by atoms with E-state index in [1.54, 1.807) is 22.7 Å². The number of nitrogens with zero attached hydrogens (tertiary/aromatic N) is 2. The van der Waals surface area contributed by atoms with Crippen molar-refractivity contribution in [2.24, 2.45) is 0 Å². The summed E-state index contributed by atoms with van der Waals surface area (Å²) in [5, 5.41) is 14.0. The van der Waals surface area contributed by atoms with Crippen molar-refractivity contribution in [3.63, 3.8) is 0 Å². The van der Waals surface area contributed by atoms with Gasteiger partial charge in [0.05, 0.1) is 8.66 Å². The molecule has 1 saturated carbocycles. The van der Waals surface area contributed by atoms with E-state index >= 15 is 0 Å². The molecule has 0 atom stereocenters. The van der Waals surface area contributed by atoms with Crippen LogP contribution < -0.4 is 5.32 Å². The summed E-state index contributed by atoms with van der Waals surface area (Å²) in [7, 11) is 0. The van der Waals surface area contributed by atoms with Crippen LogP contribution in [0.5, 0.6) is 0 Å². The number of halogens is 1. The molecule has 2 heterocycles. The van der Waals surface area contributed by atoms with Gasteiger partial charge < -0.3 is 5.32 Å². The minimum absolute atomic E-state index is 0.725. The molecule has 0 aromatic carbocycles. The Bertz CT molecular complexity index is 490. The number of nitrogens with one attached hydrogen (secondary N) is 1. The van der Waals surface area contributed by atoms with Gasteiger partial charge in [0, 0.05) is 12.6 Å². The summed E-state index contributed by atoms with van der Waals surface area (Å²) in [4.78, 5) is 1.18. The molecule has 1 aliphatic rings. The van der Waals surface area contributed by atoms with Crippen molar-refractivity contribution in [1.82, 2.24) is 15.5 Å². The number of thiophene rings is 1. The van der Waals surface area contributed by atoms with Gasteiger partial charge in [-0.05, 0) is 40.9 Å². The molecule has 0 unspecified atom stereocenters. The highest BCUT2D eigenvalue weighted by atomic mass is 79.9. The molecule has 84 valence electrons. The van der Waals surface area contributed by atoms with Gasteiger partial charge in [0.25, 0.3) is 0 Å². The van der Waals surface area contributed by atoms with Gasteiger partial charge in [0.1, 0.15) is 5.01 Å². The minimum atomic E-state index is 0.725. The predicted molar refractivity (Wildman–Crippen MR) is 70.8 cm³/mol. The van der Waals surface area contributed by atoms with E-state index in [4.69, 9.17) is 0 Å². The maximum Gasteiger partial charge on any atom is 0.157 e. The molecule has 2 aromatic rings. The Balaban J connectivity index is 1.71. The first-order valence-corrected chi connectivity index (χ1v) is 7.55. The SMILES string of the molecule is Brc1ccc(-c2nnc(CNC3CC3)s2)s1. The van der Waals surface area contributed by atoms with Crippen molar-refractivity contribution in [3.05, 3.63) is 20.9 Å². The van der Waals surface area contributed by atoms with Crippen LogP contribution in [0.2, 0.25) is 0 Å². The summed E-state index contributed by atoms with van der Waals surface area (Å²) in [5.74, 6) is 0. The first kappa shape index (κ1) is 10.8. The van der Waals surface area contributed by atoms with Crippen molar-refractivity contribution in [2.45, 2.75) is 25.4 Å². The summed E-state index contributed by atoms with van der Waals surface area (Å²) in [5.41, 5.74) is 0. The topological polar surface area (TPSA) is 37.8 Å². The average molecular weight is 316 g/mol. The van der Waals surface area contributed by atoms with Crippen LogP contribution in [0, 0.1) is 0 Å². The van der Waals surface area contributed by atoms with Crippen LogP contribution in [0.4, 0.5) is 0 Å². The molecular formula is C10H10BrN3S2. The standard InChI is InChI=1S/C10H10BrN3S2/c11-8-4-3-7(15-8)10-14-13-9(16-10)5-12-6-1-2-6/h3-4,6,12H,1-2,5H2. The molecule has 6 heteroatoms. The van der Waals surface area contributed by atoms with E-state index in [1.807, 2.05) is 6.07 Å². The van der Waals surface area contributed by atoms with Crippen LogP contribution in [0.15, 0.2) is 15.9 Å². The van der Waals surface area contributed by atoms with Crippen molar-refractivity contribution in [3.8, 4) is 9.88 Å². The Morgan fingerprint density at radius 2 is 2.19 bits per heavy atom. The van der Waals surface area contributed by atoms with Crippen LogP contribution >= 0.6 is 38.6 Å². The van der Waals surface area contributed by atoms with Crippen LogP contribution in [0.1, 0.15) is 17.8 Å². The molecule has 0 amide bonds. The number of hydrogen-bond donors (Lipinski definition) is 1. The zero-order chi connectivity index (χ0) is 11.0. The lowest BCUT2D eigenvalue weighted by atomic mass is 10.5. The lowest BCUT2D eigenvalue weighted by Crippen LogP contribution is -2.14. The second kappa shape index (κ2) is 4.52. The zero-order valence-electron chi connectivity index (χ0n) is 8.44. The molecule has 3 rings (SSSR count). The van der Waals surface area contributed by atoms with Crippen molar-refractivity contribution >= 4 is 38.6 Å². The zero-order valence-corrected chi connectivity index (χ0v) is 11.7. The molecule has 0 aliphatic heterocycles. The molecule has 2 aromatic heterocycles.